The minimum Gasteiger partial charge on any atom is -0.356 e. The van der Waals surface area contributed by atoms with Gasteiger partial charge >= 0.3 is 0 Å². The van der Waals surface area contributed by atoms with Crippen LogP contribution in [0.2, 0.25) is 0 Å². The van der Waals surface area contributed by atoms with Crippen LogP contribution >= 0.6 is 0 Å². The Labute approximate surface area is 160 Å². The van der Waals surface area contributed by atoms with Gasteiger partial charge in [0.2, 0.25) is 5.91 Å². The summed E-state index contributed by atoms with van der Waals surface area (Å²) >= 11 is 0. The molecule has 146 valence electrons. The molecule has 1 aromatic carbocycles. The van der Waals surface area contributed by atoms with Gasteiger partial charge in [0.25, 0.3) is 11.8 Å². The molecule has 6 nitrogen and oxygen atoms in total. The maximum Gasteiger partial charge on any atom is 0.261 e. The summed E-state index contributed by atoms with van der Waals surface area (Å²) in [5.41, 5.74) is 6.88. The van der Waals surface area contributed by atoms with Crippen molar-refractivity contribution in [1.82, 2.24) is 10.2 Å². The van der Waals surface area contributed by atoms with Gasteiger partial charge in [-0.1, -0.05) is 31.4 Å². The third-order valence-corrected chi connectivity index (χ3v) is 5.89. The first-order valence-electron chi connectivity index (χ1n) is 9.98. The number of fused-ring (bicyclic) bond motifs is 1. The molecule has 3 rings (SSSR count). The van der Waals surface area contributed by atoms with Crippen LogP contribution in [-0.4, -0.2) is 42.3 Å². The summed E-state index contributed by atoms with van der Waals surface area (Å²) in [5, 5.41) is 2.97. The van der Waals surface area contributed by atoms with Crippen LogP contribution in [0, 0.1) is 5.41 Å². The molecule has 0 atom stereocenters. The number of benzene rings is 1. The normalized spacial score (nSPS) is 18.5. The van der Waals surface area contributed by atoms with Gasteiger partial charge in [0, 0.05) is 19.5 Å². The molecule has 0 radical (unpaired) electrons. The van der Waals surface area contributed by atoms with E-state index in [0.29, 0.717) is 43.6 Å². The predicted molar refractivity (Wildman–Crippen MR) is 103 cm³/mol. The average molecular weight is 371 g/mol. The van der Waals surface area contributed by atoms with Crippen LogP contribution in [0.5, 0.6) is 0 Å². The first-order chi connectivity index (χ1) is 13.1. The Bertz CT molecular complexity index is 675. The van der Waals surface area contributed by atoms with Crippen molar-refractivity contribution >= 4 is 17.7 Å². The molecule has 3 N–H and O–H groups in total. The summed E-state index contributed by atoms with van der Waals surface area (Å²) in [5.74, 6) is -0.383. The maximum atomic E-state index is 12.3. The van der Waals surface area contributed by atoms with Gasteiger partial charge in [0.15, 0.2) is 0 Å². The lowest BCUT2D eigenvalue weighted by atomic mass is 9.71. The largest absolute Gasteiger partial charge is 0.356 e. The van der Waals surface area contributed by atoms with Gasteiger partial charge in [0.05, 0.1) is 11.1 Å². The highest BCUT2D eigenvalue weighted by Crippen LogP contribution is 2.38. The quantitative estimate of drug-likeness (QED) is 0.542. The number of unbranched alkanes of at least 4 members (excludes halogenated alkanes) is 1. The average Bonchev–Trinajstić information content (AvgIpc) is 2.93. The van der Waals surface area contributed by atoms with Crippen molar-refractivity contribution in [3.8, 4) is 0 Å². The second kappa shape index (κ2) is 8.65. The van der Waals surface area contributed by atoms with E-state index in [2.05, 4.69) is 5.32 Å². The lowest BCUT2D eigenvalue weighted by molar-refractivity contribution is -0.123. The van der Waals surface area contributed by atoms with Crippen molar-refractivity contribution in [2.75, 3.05) is 19.6 Å². The van der Waals surface area contributed by atoms with E-state index in [1.54, 1.807) is 24.3 Å². The Hall–Kier alpha value is -2.21. The van der Waals surface area contributed by atoms with E-state index in [1.165, 1.54) is 11.3 Å². The van der Waals surface area contributed by atoms with Gasteiger partial charge in [-0.15, -0.1) is 0 Å². The van der Waals surface area contributed by atoms with E-state index in [9.17, 15) is 14.4 Å². The molecular weight excluding hydrogens is 342 g/mol. The van der Waals surface area contributed by atoms with E-state index in [-0.39, 0.29) is 23.1 Å². The fourth-order valence-electron chi connectivity index (χ4n) is 4.22. The second-order valence-corrected chi connectivity index (χ2v) is 7.81. The summed E-state index contributed by atoms with van der Waals surface area (Å²) < 4.78 is 0. The fraction of sp³-hybridized carbons (Fsp3) is 0.571. The number of nitrogens with one attached hydrogen (secondary N) is 1. The molecule has 1 aliphatic heterocycles. The van der Waals surface area contributed by atoms with Gasteiger partial charge < -0.3 is 11.1 Å². The number of nitrogens with zero attached hydrogens (tertiary/aromatic N) is 1. The van der Waals surface area contributed by atoms with Crippen molar-refractivity contribution in [3.63, 3.8) is 0 Å². The smallest absolute Gasteiger partial charge is 0.261 e. The van der Waals surface area contributed by atoms with Crippen LogP contribution in [0.4, 0.5) is 0 Å². The molecular formula is C21H29N3O3. The zero-order valence-electron chi connectivity index (χ0n) is 15.8. The zero-order valence-corrected chi connectivity index (χ0v) is 15.8. The maximum absolute atomic E-state index is 12.3. The van der Waals surface area contributed by atoms with Crippen LogP contribution in [0.15, 0.2) is 24.3 Å². The van der Waals surface area contributed by atoms with E-state index in [1.807, 2.05) is 0 Å². The molecule has 0 bridgehead atoms. The van der Waals surface area contributed by atoms with Crippen molar-refractivity contribution in [2.45, 2.75) is 51.4 Å². The van der Waals surface area contributed by atoms with Gasteiger partial charge in [0.1, 0.15) is 0 Å². The molecule has 1 saturated carbocycles. The predicted octanol–water partition coefficient (Wildman–Crippen LogP) is 2.48. The van der Waals surface area contributed by atoms with Gasteiger partial charge in [-0.3, -0.25) is 19.3 Å². The Kier molecular flexibility index (Phi) is 6.26. The number of nitrogens with two attached hydrogens (primary N) is 1. The molecule has 0 saturated heterocycles. The Balaban J connectivity index is 1.38. The fourth-order valence-corrected chi connectivity index (χ4v) is 4.22. The van der Waals surface area contributed by atoms with Crippen LogP contribution in [0.1, 0.15) is 72.1 Å². The molecule has 27 heavy (non-hydrogen) atoms. The number of carbonyl (C=O) groups excluding carboxylic acids is 3. The number of carbonyl (C=O) groups is 3. The third kappa shape index (κ3) is 4.38. The lowest BCUT2D eigenvalue weighted by Gasteiger charge is -2.35. The highest BCUT2D eigenvalue weighted by atomic mass is 16.2. The SMILES string of the molecule is NCC1(CC(=O)NCCCCN2C(=O)c3ccccc3C2=O)CCCCC1. The molecule has 1 aliphatic carbocycles. The van der Waals surface area contributed by atoms with Crippen molar-refractivity contribution < 1.29 is 14.4 Å². The number of hydrogen-bond acceptors (Lipinski definition) is 4. The first kappa shape index (κ1) is 19.5. The molecule has 1 aromatic rings. The standard InChI is InChI=1S/C21H29N3O3/c22-15-21(10-4-1-5-11-21)14-18(25)23-12-6-7-13-24-19(26)16-8-2-3-9-17(16)20(24)27/h2-3,8-9H,1,4-7,10-15,22H2,(H,23,25). The highest BCUT2D eigenvalue weighted by molar-refractivity contribution is 6.21. The Morgan fingerprint density at radius 1 is 1.04 bits per heavy atom. The first-order valence-corrected chi connectivity index (χ1v) is 9.98. The van der Waals surface area contributed by atoms with E-state index in [4.69, 9.17) is 5.73 Å². The number of rotatable bonds is 8. The minimum atomic E-state index is -0.221. The van der Waals surface area contributed by atoms with Crippen molar-refractivity contribution in [1.29, 1.82) is 0 Å². The van der Waals surface area contributed by atoms with Crippen molar-refractivity contribution in [2.24, 2.45) is 11.1 Å². The summed E-state index contributed by atoms with van der Waals surface area (Å²) in [6, 6.07) is 6.91. The van der Waals surface area contributed by atoms with E-state index in [0.717, 1.165) is 32.1 Å². The highest BCUT2D eigenvalue weighted by Gasteiger charge is 2.35. The molecule has 1 fully saturated rings. The van der Waals surface area contributed by atoms with Crippen molar-refractivity contribution in [3.05, 3.63) is 35.4 Å². The van der Waals surface area contributed by atoms with Gasteiger partial charge in [-0.2, -0.15) is 0 Å². The molecule has 3 amide bonds. The molecule has 0 unspecified atom stereocenters. The molecule has 0 spiro atoms. The van der Waals surface area contributed by atoms with Crippen LogP contribution in [0.3, 0.4) is 0 Å². The number of imide groups is 1. The number of hydrogen-bond donors (Lipinski definition) is 2. The van der Waals surface area contributed by atoms with E-state index >= 15 is 0 Å². The van der Waals surface area contributed by atoms with E-state index < -0.39 is 0 Å². The summed E-state index contributed by atoms with van der Waals surface area (Å²) in [6.45, 7) is 1.51. The Morgan fingerprint density at radius 3 is 2.26 bits per heavy atom. The Morgan fingerprint density at radius 2 is 1.67 bits per heavy atom. The second-order valence-electron chi connectivity index (χ2n) is 7.81. The molecule has 6 heteroatoms. The zero-order chi connectivity index (χ0) is 19.3. The molecule has 1 heterocycles. The summed E-state index contributed by atoms with van der Waals surface area (Å²) in [7, 11) is 0. The topological polar surface area (TPSA) is 92.5 Å². The third-order valence-electron chi connectivity index (χ3n) is 5.89. The van der Waals surface area contributed by atoms with Crippen LogP contribution in [-0.2, 0) is 4.79 Å². The van der Waals surface area contributed by atoms with Gasteiger partial charge in [-0.25, -0.2) is 0 Å². The lowest BCUT2D eigenvalue weighted by Crippen LogP contribution is -2.39. The summed E-state index contributed by atoms with van der Waals surface area (Å²) in [4.78, 5) is 38.2. The van der Waals surface area contributed by atoms with Gasteiger partial charge in [-0.05, 0) is 49.8 Å². The minimum absolute atomic E-state index is 0.0253. The molecule has 2 aliphatic rings. The van der Waals surface area contributed by atoms with Crippen LogP contribution in [0.25, 0.3) is 0 Å². The van der Waals surface area contributed by atoms with Crippen LogP contribution < -0.4 is 11.1 Å². The molecule has 0 aromatic heterocycles. The summed E-state index contributed by atoms with van der Waals surface area (Å²) in [6.07, 6.45) is 7.54. The number of amides is 3. The monoisotopic (exact) mass is 371 g/mol.